The molecule has 1 heterocycles. The molecule has 3 rings (SSSR count). The Labute approximate surface area is 125 Å². The maximum Gasteiger partial charge on any atom is 0.123 e. The van der Waals surface area contributed by atoms with Gasteiger partial charge in [-0.25, -0.2) is 0 Å². The molecule has 2 aromatic carbocycles. The van der Waals surface area contributed by atoms with Gasteiger partial charge in [-0.15, -0.1) is 0 Å². The lowest BCUT2D eigenvalue weighted by Crippen LogP contribution is -2.31. The molecule has 0 aromatic heterocycles. The summed E-state index contributed by atoms with van der Waals surface area (Å²) in [6.07, 6.45) is 1.14. The third-order valence-electron chi connectivity index (χ3n) is 3.87. The van der Waals surface area contributed by atoms with Crippen molar-refractivity contribution in [3.63, 3.8) is 0 Å². The van der Waals surface area contributed by atoms with Crippen LogP contribution in [0.2, 0.25) is 0 Å². The lowest BCUT2D eigenvalue weighted by molar-refractivity contribution is 0.239. The quantitative estimate of drug-likeness (QED) is 0.864. The minimum absolute atomic E-state index is 0.183. The van der Waals surface area contributed by atoms with E-state index in [9.17, 15) is 0 Å². The predicted molar refractivity (Wildman–Crippen MR) is 83.7 cm³/mol. The zero-order valence-corrected chi connectivity index (χ0v) is 12.3. The molecule has 0 aliphatic carbocycles. The van der Waals surface area contributed by atoms with Gasteiger partial charge in [0.05, 0.1) is 18.2 Å². The van der Waals surface area contributed by atoms with Crippen molar-refractivity contribution in [1.82, 2.24) is 0 Å². The Morgan fingerprint density at radius 3 is 2.71 bits per heavy atom. The van der Waals surface area contributed by atoms with Crippen molar-refractivity contribution in [2.75, 3.05) is 18.5 Å². The summed E-state index contributed by atoms with van der Waals surface area (Å²) < 4.78 is 6.00. The Kier molecular flexibility index (Phi) is 3.53. The number of rotatable bonds is 3. The summed E-state index contributed by atoms with van der Waals surface area (Å²) in [5.41, 5.74) is 4.36. The van der Waals surface area contributed by atoms with Gasteiger partial charge < -0.3 is 9.64 Å². The number of benzene rings is 2. The molecule has 1 aliphatic heterocycles. The molecular formula is C18H18N2O. The standard InChI is InChI=1S/C18H18N2O/c1-13-3-8-18-15(9-13)10-17(21-18)12-20(2)16-6-4-14(11-19)5-7-16/h3-9,17H,10,12H2,1-2H3. The summed E-state index contributed by atoms with van der Waals surface area (Å²) in [7, 11) is 2.05. The highest BCUT2D eigenvalue weighted by molar-refractivity contribution is 5.49. The number of aryl methyl sites for hydroxylation is 1. The first-order chi connectivity index (χ1) is 10.2. The van der Waals surface area contributed by atoms with Crippen LogP contribution in [-0.2, 0) is 6.42 Å². The summed E-state index contributed by atoms with van der Waals surface area (Å²) in [5, 5.41) is 8.84. The maximum atomic E-state index is 8.84. The van der Waals surface area contributed by atoms with E-state index in [1.54, 1.807) is 0 Å². The summed E-state index contributed by atoms with van der Waals surface area (Å²) in [5.74, 6) is 1.01. The first-order valence-electron chi connectivity index (χ1n) is 7.13. The van der Waals surface area contributed by atoms with E-state index in [-0.39, 0.29) is 6.10 Å². The predicted octanol–water partition coefficient (Wildman–Crippen LogP) is 3.31. The second kappa shape index (κ2) is 5.49. The minimum atomic E-state index is 0.183. The molecule has 3 heteroatoms. The van der Waals surface area contributed by atoms with Gasteiger partial charge in [0.25, 0.3) is 0 Å². The highest BCUT2D eigenvalue weighted by Crippen LogP contribution is 2.30. The molecule has 0 bridgehead atoms. The monoisotopic (exact) mass is 278 g/mol. The number of nitrogens with zero attached hydrogens (tertiary/aromatic N) is 2. The van der Waals surface area contributed by atoms with Crippen LogP contribution >= 0.6 is 0 Å². The summed E-state index contributed by atoms with van der Waals surface area (Å²) in [6.45, 7) is 2.94. The summed E-state index contributed by atoms with van der Waals surface area (Å²) in [6, 6.07) is 16.1. The fourth-order valence-corrected chi connectivity index (χ4v) is 2.75. The van der Waals surface area contributed by atoms with E-state index in [4.69, 9.17) is 10.00 Å². The second-order valence-electron chi connectivity index (χ2n) is 5.59. The van der Waals surface area contributed by atoms with Gasteiger partial charge in [-0.2, -0.15) is 5.26 Å². The first kappa shape index (κ1) is 13.5. The smallest absolute Gasteiger partial charge is 0.123 e. The van der Waals surface area contributed by atoms with Crippen molar-refractivity contribution in [3.8, 4) is 11.8 Å². The minimum Gasteiger partial charge on any atom is -0.488 e. The van der Waals surface area contributed by atoms with E-state index >= 15 is 0 Å². The van der Waals surface area contributed by atoms with Crippen molar-refractivity contribution >= 4 is 5.69 Å². The van der Waals surface area contributed by atoms with Crippen LogP contribution in [-0.4, -0.2) is 19.7 Å². The van der Waals surface area contributed by atoms with Gasteiger partial charge in [0.2, 0.25) is 0 Å². The third kappa shape index (κ3) is 2.85. The molecule has 2 aromatic rings. The van der Waals surface area contributed by atoms with Gasteiger partial charge in [0, 0.05) is 19.2 Å². The van der Waals surface area contributed by atoms with Crippen LogP contribution in [0.1, 0.15) is 16.7 Å². The number of anilines is 1. The van der Waals surface area contributed by atoms with Crippen LogP contribution in [0, 0.1) is 18.3 Å². The molecular weight excluding hydrogens is 260 g/mol. The topological polar surface area (TPSA) is 36.3 Å². The normalized spacial score (nSPS) is 16.0. The Morgan fingerprint density at radius 2 is 2.00 bits per heavy atom. The van der Waals surface area contributed by atoms with E-state index in [0.29, 0.717) is 5.56 Å². The molecule has 0 spiro atoms. The molecule has 1 aliphatic rings. The molecule has 1 atom stereocenters. The molecule has 0 radical (unpaired) electrons. The van der Waals surface area contributed by atoms with Crippen LogP contribution in [0.25, 0.3) is 0 Å². The number of ether oxygens (including phenoxy) is 1. The highest BCUT2D eigenvalue weighted by atomic mass is 16.5. The number of likely N-dealkylation sites (N-methyl/N-ethyl adjacent to an activating group) is 1. The lowest BCUT2D eigenvalue weighted by Gasteiger charge is -2.23. The number of hydrogen-bond donors (Lipinski definition) is 0. The molecule has 106 valence electrons. The Hall–Kier alpha value is -2.47. The van der Waals surface area contributed by atoms with Gasteiger partial charge in [0.15, 0.2) is 0 Å². The number of fused-ring (bicyclic) bond motifs is 1. The van der Waals surface area contributed by atoms with Gasteiger partial charge in [-0.05, 0) is 42.8 Å². The molecule has 21 heavy (non-hydrogen) atoms. The van der Waals surface area contributed by atoms with E-state index < -0.39 is 0 Å². The fourth-order valence-electron chi connectivity index (χ4n) is 2.75. The van der Waals surface area contributed by atoms with Gasteiger partial charge in [0.1, 0.15) is 11.9 Å². The van der Waals surface area contributed by atoms with Crippen LogP contribution < -0.4 is 9.64 Å². The fraction of sp³-hybridized carbons (Fsp3) is 0.278. The zero-order valence-electron chi connectivity index (χ0n) is 12.3. The van der Waals surface area contributed by atoms with Crippen molar-refractivity contribution < 1.29 is 4.74 Å². The van der Waals surface area contributed by atoms with E-state index in [2.05, 4.69) is 43.1 Å². The van der Waals surface area contributed by atoms with Crippen LogP contribution in [0.15, 0.2) is 42.5 Å². The average molecular weight is 278 g/mol. The van der Waals surface area contributed by atoms with Crippen molar-refractivity contribution in [2.24, 2.45) is 0 Å². The molecule has 0 saturated carbocycles. The second-order valence-corrected chi connectivity index (χ2v) is 5.59. The lowest BCUT2D eigenvalue weighted by atomic mass is 10.1. The Balaban J connectivity index is 1.66. The van der Waals surface area contributed by atoms with Crippen molar-refractivity contribution in [3.05, 3.63) is 59.2 Å². The zero-order chi connectivity index (χ0) is 14.8. The van der Waals surface area contributed by atoms with E-state index in [0.717, 1.165) is 24.4 Å². The van der Waals surface area contributed by atoms with Crippen LogP contribution in [0.5, 0.6) is 5.75 Å². The van der Waals surface area contributed by atoms with Gasteiger partial charge in [-0.3, -0.25) is 0 Å². The van der Waals surface area contributed by atoms with Crippen LogP contribution in [0.3, 0.4) is 0 Å². The summed E-state index contributed by atoms with van der Waals surface area (Å²) in [4.78, 5) is 2.17. The van der Waals surface area contributed by atoms with Crippen molar-refractivity contribution in [2.45, 2.75) is 19.4 Å². The first-order valence-corrected chi connectivity index (χ1v) is 7.13. The molecule has 1 unspecified atom stereocenters. The molecule has 0 saturated heterocycles. The molecule has 3 nitrogen and oxygen atoms in total. The Bertz CT molecular complexity index is 685. The molecule has 0 fully saturated rings. The van der Waals surface area contributed by atoms with Gasteiger partial charge in [-0.1, -0.05) is 17.7 Å². The SMILES string of the molecule is Cc1ccc2c(c1)CC(CN(C)c1ccc(C#N)cc1)O2. The molecule has 0 N–H and O–H groups in total. The number of hydrogen-bond acceptors (Lipinski definition) is 3. The van der Waals surface area contributed by atoms with Crippen LogP contribution in [0.4, 0.5) is 5.69 Å². The third-order valence-corrected chi connectivity index (χ3v) is 3.87. The van der Waals surface area contributed by atoms with Crippen molar-refractivity contribution in [1.29, 1.82) is 5.26 Å². The number of nitriles is 1. The molecule has 0 amide bonds. The van der Waals surface area contributed by atoms with E-state index in [1.165, 1.54) is 11.1 Å². The largest absolute Gasteiger partial charge is 0.488 e. The highest BCUT2D eigenvalue weighted by Gasteiger charge is 2.24. The maximum absolute atomic E-state index is 8.84. The average Bonchev–Trinajstić information content (AvgIpc) is 2.88. The Morgan fingerprint density at radius 1 is 1.24 bits per heavy atom. The van der Waals surface area contributed by atoms with Gasteiger partial charge >= 0.3 is 0 Å². The summed E-state index contributed by atoms with van der Waals surface area (Å²) >= 11 is 0. The van der Waals surface area contributed by atoms with E-state index in [1.807, 2.05) is 24.3 Å².